The summed E-state index contributed by atoms with van der Waals surface area (Å²) in [7, 11) is 0. The summed E-state index contributed by atoms with van der Waals surface area (Å²) >= 11 is 1.44. The zero-order chi connectivity index (χ0) is 15.5. The van der Waals surface area contributed by atoms with Gasteiger partial charge in [0.1, 0.15) is 10.7 Å². The lowest BCUT2D eigenvalue weighted by atomic mass is 9.95. The molecule has 0 saturated carbocycles. The number of piperidine rings is 1. The van der Waals surface area contributed by atoms with Gasteiger partial charge in [-0.3, -0.25) is 4.79 Å². The van der Waals surface area contributed by atoms with Crippen molar-refractivity contribution in [3.05, 3.63) is 41.4 Å². The van der Waals surface area contributed by atoms with Gasteiger partial charge in [0.25, 0.3) is 5.91 Å². The van der Waals surface area contributed by atoms with Crippen LogP contribution in [0, 0.1) is 5.92 Å². The first-order valence-corrected chi connectivity index (χ1v) is 8.16. The van der Waals surface area contributed by atoms with Crippen molar-refractivity contribution in [3.63, 3.8) is 0 Å². The van der Waals surface area contributed by atoms with Gasteiger partial charge >= 0.3 is 0 Å². The van der Waals surface area contributed by atoms with Crippen molar-refractivity contribution in [2.75, 3.05) is 19.7 Å². The third-order valence-electron chi connectivity index (χ3n) is 3.96. The first kappa shape index (κ1) is 15.1. The van der Waals surface area contributed by atoms with E-state index in [-0.39, 0.29) is 18.4 Å². The largest absolute Gasteiger partial charge is 0.396 e. The van der Waals surface area contributed by atoms with Gasteiger partial charge in [0, 0.05) is 30.0 Å². The molecule has 0 spiro atoms. The zero-order valence-electron chi connectivity index (χ0n) is 12.1. The Morgan fingerprint density at radius 3 is 2.86 bits per heavy atom. The highest BCUT2D eigenvalue weighted by Gasteiger charge is 2.31. The molecule has 2 aromatic rings. The number of nitrogens with zero attached hydrogens (tertiary/aromatic N) is 2. The van der Waals surface area contributed by atoms with E-state index in [2.05, 4.69) is 4.98 Å². The first-order chi connectivity index (χ1) is 10.7. The van der Waals surface area contributed by atoms with Crippen LogP contribution in [0.25, 0.3) is 10.6 Å². The molecule has 22 heavy (non-hydrogen) atoms. The number of aliphatic hydroxyl groups is 2. The second kappa shape index (κ2) is 6.56. The van der Waals surface area contributed by atoms with Crippen molar-refractivity contribution < 1.29 is 15.0 Å². The van der Waals surface area contributed by atoms with Gasteiger partial charge in [-0.05, 0) is 6.42 Å². The van der Waals surface area contributed by atoms with Crippen LogP contribution >= 0.6 is 11.3 Å². The molecule has 1 aliphatic heterocycles. The minimum absolute atomic E-state index is 0.114. The molecule has 0 aliphatic carbocycles. The van der Waals surface area contributed by atoms with Crippen LogP contribution in [0.2, 0.25) is 0 Å². The SMILES string of the molecule is O=C(c1csc(-c2ccccc2)n1)N1CCC(O)C(CO)C1. The molecule has 1 amide bonds. The van der Waals surface area contributed by atoms with Crippen molar-refractivity contribution in [2.45, 2.75) is 12.5 Å². The van der Waals surface area contributed by atoms with E-state index < -0.39 is 6.10 Å². The standard InChI is InChI=1S/C16H18N2O3S/c19-9-12-8-18(7-6-14(12)20)16(21)13-10-22-15(17-13)11-4-2-1-3-5-11/h1-5,10,12,14,19-20H,6-9H2. The summed E-state index contributed by atoms with van der Waals surface area (Å²) in [5, 5.41) is 21.6. The summed E-state index contributed by atoms with van der Waals surface area (Å²) in [4.78, 5) is 18.6. The van der Waals surface area contributed by atoms with Gasteiger partial charge in [0.2, 0.25) is 0 Å². The van der Waals surface area contributed by atoms with Gasteiger partial charge < -0.3 is 15.1 Å². The summed E-state index contributed by atoms with van der Waals surface area (Å²) in [6.45, 7) is 0.751. The van der Waals surface area contributed by atoms with Crippen LogP contribution in [0.4, 0.5) is 0 Å². The summed E-state index contributed by atoms with van der Waals surface area (Å²) in [5.74, 6) is -0.409. The number of thiazole rings is 1. The quantitative estimate of drug-likeness (QED) is 0.902. The van der Waals surface area contributed by atoms with E-state index in [1.54, 1.807) is 10.3 Å². The second-order valence-corrected chi connectivity index (χ2v) is 6.31. The van der Waals surface area contributed by atoms with Gasteiger partial charge in [-0.2, -0.15) is 0 Å². The summed E-state index contributed by atoms with van der Waals surface area (Å²) in [6, 6.07) is 9.75. The van der Waals surface area contributed by atoms with Crippen LogP contribution in [0.15, 0.2) is 35.7 Å². The molecule has 1 fully saturated rings. The summed E-state index contributed by atoms with van der Waals surface area (Å²) in [5.41, 5.74) is 1.42. The smallest absolute Gasteiger partial charge is 0.273 e. The lowest BCUT2D eigenvalue weighted by Crippen LogP contribution is -2.47. The molecule has 2 N–H and O–H groups in total. The molecule has 2 unspecified atom stereocenters. The zero-order valence-corrected chi connectivity index (χ0v) is 12.9. The molecule has 5 nitrogen and oxygen atoms in total. The molecule has 0 radical (unpaired) electrons. The highest BCUT2D eigenvalue weighted by atomic mass is 32.1. The lowest BCUT2D eigenvalue weighted by Gasteiger charge is -2.34. The fraction of sp³-hybridized carbons (Fsp3) is 0.375. The van der Waals surface area contributed by atoms with Crippen LogP contribution in [-0.2, 0) is 0 Å². The van der Waals surface area contributed by atoms with Crippen LogP contribution in [0.1, 0.15) is 16.9 Å². The molecule has 1 saturated heterocycles. The van der Waals surface area contributed by atoms with Crippen LogP contribution < -0.4 is 0 Å². The van der Waals surface area contributed by atoms with Gasteiger partial charge in [-0.15, -0.1) is 11.3 Å². The Balaban J connectivity index is 1.75. The molecular formula is C16H18N2O3S. The number of aromatic nitrogens is 1. The van der Waals surface area contributed by atoms with Crippen molar-refractivity contribution in [1.82, 2.24) is 9.88 Å². The van der Waals surface area contributed by atoms with Crippen LogP contribution in [0.3, 0.4) is 0 Å². The van der Waals surface area contributed by atoms with E-state index in [0.29, 0.717) is 25.2 Å². The van der Waals surface area contributed by atoms with Crippen molar-refractivity contribution in [2.24, 2.45) is 5.92 Å². The van der Waals surface area contributed by atoms with E-state index in [1.165, 1.54) is 11.3 Å². The molecule has 2 heterocycles. The number of carbonyl (C=O) groups excluding carboxylic acids is 1. The predicted octanol–water partition coefficient (Wildman–Crippen LogP) is 1.63. The Labute approximate surface area is 132 Å². The van der Waals surface area contributed by atoms with E-state index >= 15 is 0 Å². The maximum atomic E-state index is 12.5. The fourth-order valence-electron chi connectivity index (χ4n) is 2.63. The Morgan fingerprint density at radius 2 is 2.14 bits per heavy atom. The molecule has 1 aromatic heterocycles. The van der Waals surface area contributed by atoms with Gasteiger partial charge in [0.15, 0.2) is 0 Å². The van der Waals surface area contributed by atoms with E-state index in [0.717, 1.165) is 10.6 Å². The van der Waals surface area contributed by atoms with Gasteiger partial charge in [-0.25, -0.2) is 4.98 Å². The highest BCUT2D eigenvalue weighted by molar-refractivity contribution is 7.13. The number of rotatable bonds is 3. The third-order valence-corrected chi connectivity index (χ3v) is 4.85. The Bertz CT molecular complexity index is 644. The Hall–Kier alpha value is -1.76. The molecule has 6 heteroatoms. The molecule has 3 rings (SSSR count). The van der Waals surface area contributed by atoms with Crippen molar-refractivity contribution in [3.8, 4) is 10.6 Å². The number of hydrogen-bond acceptors (Lipinski definition) is 5. The number of likely N-dealkylation sites (tertiary alicyclic amines) is 1. The molecule has 1 aromatic carbocycles. The topological polar surface area (TPSA) is 73.7 Å². The number of aliphatic hydroxyl groups excluding tert-OH is 2. The summed E-state index contributed by atoms with van der Waals surface area (Å²) in [6.07, 6.45) is -0.0449. The van der Waals surface area contributed by atoms with Gasteiger partial charge in [-0.1, -0.05) is 30.3 Å². The fourth-order valence-corrected chi connectivity index (χ4v) is 3.43. The van der Waals surface area contributed by atoms with Crippen LogP contribution in [0.5, 0.6) is 0 Å². The average molecular weight is 318 g/mol. The van der Waals surface area contributed by atoms with E-state index in [9.17, 15) is 15.0 Å². The monoisotopic (exact) mass is 318 g/mol. The molecular weight excluding hydrogens is 300 g/mol. The highest BCUT2D eigenvalue weighted by Crippen LogP contribution is 2.25. The van der Waals surface area contributed by atoms with Crippen molar-refractivity contribution >= 4 is 17.2 Å². The molecule has 2 atom stereocenters. The maximum Gasteiger partial charge on any atom is 0.273 e. The van der Waals surface area contributed by atoms with E-state index in [4.69, 9.17) is 0 Å². The number of hydrogen-bond donors (Lipinski definition) is 2. The van der Waals surface area contributed by atoms with Gasteiger partial charge in [0.05, 0.1) is 12.7 Å². The number of carbonyl (C=O) groups is 1. The molecule has 0 bridgehead atoms. The third kappa shape index (κ3) is 3.04. The predicted molar refractivity (Wildman–Crippen MR) is 84.7 cm³/mol. The number of benzene rings is 1. The van der Waals surface area contributed by atoms with Crippen molar-refractivity contribution in [1.29, 1.82) is 0 Å². The average Bonchev–Trinajstić information content (AvgIpc) is 3.05. The first-order valence-electron chi connectivity index (χ1n) is 7.28. The number of amides is 1. The van der Waals surface area contributed by atoms with E-state index in [1.807, 2.05) is 30.3 Å². The van der Waals surface area contributed by atoms with Crippen LogP contribution in [-0.4, -0.2) is 51.8 Å². The Morgan fingerprint density at radius 1 is 1.36 bits per heavy atom. The molecule has 1 aliphatic rings. The maximum absolute atomic E-state index is 12.5. The molecule has 116 valence electrons. The minimum Gasteiger partial charge on any atom is -0.396 e. The summed E-state index contributed by atoms with van der Waals surface area (Å²) < 4.78 is 0. The minimum atomic E-state index is -0.538. The Kier molecular flexibility index (Phi) is 4.52. The normalized spacial score (nSPS) is 21.8. The lowest BCUT2D eigenvalue weighted by molar-refractivity contribution is 0.00326. The second-order valence-electron chi connectivity index (χ2n) is 5.45.